The minimum atomic E-state index is -0.993. The molecule has 7 nitrogen and oxygen atoms in total. The maximum Gasteiger partial charge on any atom is 0.332 e. The largest absolute Gasteiger partial charge is 0.479 e. The van der Waals surface area contributed by atoms with E-state index in [9.17, 15) is 4.79 Å². The lowest BCUT2D eigenvalue weighted by Gasteiger charge is -2.07. The van der Waals surface area contributed by atoms with Crippen molar-refractivity contribution in [2.45, 2.75) is 18.6 Å². The predicted molar refractivity (Wildman–Crippen MR) is 116 cm³/mol. The number of ether oxygens (including phenoxy) is 2. The number of halogens is 1. The minimum Gasteiger partial charge on any atom is -0.479 e. The molecular weight excluding hydrogens is 418 g/mol. The van der Waals surface area contributed by atoms with Gasteiger partial charge in [-0.05, 0) is 17.2 Å². The quantitative estimate of drug-likeness (QED) is 0.476. The van der Waals surface area contributed by atoms with Gasteiger partial charge in [0.05, 0.1) is 22.8 Å². The van der Waals surface area contributed by atoms with Crippen molar-refractivity contribution in [1.82, 2.24) is 15.0 Å². The van der Waals surface area contributed by atoms with Crippen LogP contribution in [0.3, 0.4) is 0 Å². The molecule has 2 atom stereocenters. The molecule has 2 aromatic heterocycles. The number of benzene rings is 2. The van der Waals surface area contributed by atoms with Gasteiger partial charge in [-0.25, -0.2) is 9.78 Å². The van der Waals surface area contributed by atoms with E-state index in [0.717, 1.165) is 16.7 Å². The zero-order valence-electron chi connectivity index (χ0n) is 16.3. The fraction of sp³-hybridized carbons (Fsp3) is 0.174. The smallest absolute Gasteiger partial charge is 0.332 e. The first-order valence-corrected chi connectivity index (χ1v) is 10.2. The molecule has 1 saturated heterocycles. The highest BCUT2D eigenvalue weighted by Gasteiger charge is 2.32. The Morgan fingerprint density at radius 1 is 1.06 bits per heavy atom. The molecule has 0 saturated carbocycles. The number of hydrogen-bond donors (Lipinski definition) is 2. The Morgan fingerprint density at radius 2 is 1.77 bits per heavy atom. The Kier molecular flexibility index (Phi) is 5.05. The zero-order valence-corrected chi connectivity index (χ0v) is 17.0. The molecule has 4 aromatic rings. The summed E-state index contributed by atoms with van der Waals surface area (Å²) in [6.07, 6.45) is -0.978. The molecule has 0 spiro atoms. The average Bonchev–Trinajstić information content (AvgIpc) is 3.40. The lowest BCUT2D eigenvalue weighted by Crippen LogP contribution is -2.21. The maximum absolute atomic E-state index is 11.0. The number of pyridine rings is 1. The Hall–Kier alpha value is -3.42. The van der Waals surface area contributed by atoms with E-state index >= 15 is 0 Å². The van der Waals surface area contributed by atoms with Gasteiger partial charge in [0.15, 0.2) is 11.8 Å². The van der Waals surface area contributed by atoms with Crippen molar-refractivity contribution in [3.8, 4) is 28.4 Å². The van der Waals surface area contributed by atoms with Crippen molar-refractivity contribution in [3.63, 3.8) is 0 Å². The molecule has 1 aliphatic heterocycles. The number of rotatable bonds is 5. The van der Waals surface area contributed by atoms with Gasteiger partial charge < -0.3 is 19.6 Å². The van der Waals surface area contributed by atoms with Crippen LogP contribution in [-0.4, -0.2) is 44.8 Å². The number of fused-ring (bicyclic) bond motifs is 1. The summed E-state index contributed by atoms with van der Waals surface area (Å²) >= 11 is 6.49. The van der Waals surface area contributed by atoms with Crippen LogP contribution in [0.5, 0.6) is 6.01 Å². The summed E-state index contributed by atoms with van der Waals surface area (Å²) in [4.78, 5) is 23.1. The molecule has 3 heterocycles. The molecule has 0 bridgehead atoms. The second-order valence-corrected chi connectivity index (χ2v) is 7.72. The third kappa shape index (κ3) is 3.97. The van der Waals surface area contributed by atoms with Gasteiger partial charge in [-0.15, -0.1) is 0 Å². The summed E-state index contributed by atoms with van der Waals surface area (Å²) in [7, 11) is 0. The second kappa shape index (κ2) is 8.02. The van der Waals surface area contributed by atoms with Gasteiger partial charge in [-0.3, -0.25) is 0 Å². The first kappa shape index (κ1) is 19.5. The summed E-state index contributed by atoms with van der Waals surface area (Å²) in [6.45, 7) is 0.196. The number of carbonyl (C=O) groups is 1. The lowest BCUT2D eigenvalue weighted by atomic mass is 10.0. The van der Waals surface area contributed by atoms with Crippen molar-refractivity contribution in [2.24, 2.45) is 0 Å². The van der Waals surface area contributed by atoms with E-state index in [2.05, 4.69) is 27.1 Å². The molecule has 5 rings (SSSR count). The van der Waals surface area contributed by atoms with Crippen LogP contribution in [-0.2, 0) is 9.53 Å². The van der Waals surface area contributed by atoms with Gasteiger partial charge in [0.2, 0.25) is 0 Å². The zero-order chi connectivity index (χ0) is 21.4. The van der Waals surface area contributed by atoms with E-state index in [1.807, 2.05) is 42.5 Å². The highest BCUT2D eigenvalue weighted by atomic mass is 35.5. The fourth-order valence-corrected chi connectivity index (χ4v) is 3.88. The lowest BCUT2D eigenvalue weighted by molar-refractivity contribution is -0.147. The highest BCUT2D eigenvalue weighted by Crippen LogP contribution is 2.31. The molecule has 0 unspecified atom stereocenters. The Bertz CT molecular complexity index is 1240. The van der Waals surface area contributed by atoms with E-state index in [-0.39, 0.29) is 25.1 Å². The molecule has 2 N–H and O–H groups in total. The molecule has 1 fully saturated rings. The summed E-state index contributed by atoms with van der Waals surface area (Å²) in [5, 5.41) is 9.52. The van der Waals surface area contributed by atoms with Crippen molar-refractivity contribution < 1.29 is 19.4 Å². The van der Waals surface area contributed by atoms with E-state index in [4.69, 9.17) is 26.2 Å². The van der Waals surface area contributed by atoms with Crippen LogP contribution in [0.15, 0.2) is 60.7 Å². The SMILES string of the molecule is O=C(O)[C@@H]1C[C@H](Oc2nc3nc(-c4ccc(-c5ccccc5)cc4)c(Cl)cc3[nH]2)CO1. The van der Waals surface area contributed by atoms with Crippen molar-refractivity contribution >= 4 is 28.7 Å². The summed E-state index contributed by atoms with van der Waals surface area (Å²) in [5.41, 5.74) is 4.86. The molecular formula is C23H18ClN3O4. The number of imidazole rings is 1. The molecule has 0 radical (unpaired) electrons. The summed E-state index contributed by atoms with van der Waals surface area (Å²) in [5.74, 6) is -0.993. The first-order valence-electron chi connectivity index (χ1n) is 9.80. The number of hydrogen-bond acceptors (Lipinski definition) is 5. The molecule has 156 valence electrons. The fourth-order valence-electron chi connectivity index (χ4n) is 3.62. The number of carboxylic acids is 1. The number of aromatic nitrogens is 3. The third-order valence-corrected chi connectivity index (χ3v) is 5.47. The van der Waals surface area contributed by atoms with Gasteiger partial charge in [0.25, 0.3) is 6.01 Å². The van der Waals surface area contributed by atoms with Crippen LogP contribution in [0.1, 0.15) is 6.42 Å². The molecule has 0 amide bonds. The van der Waals surface area contributed by atoms with Gasteiger partial charge >= 0.3 is 5.97 Å². The minimum absolute atomic E-state index is 0.196. The molecule has 2 aromatic carbocycles. The number of aromatic amines is 1. The van der Waals surface area contributed by atoms with E-state index in [0.29, 0.717) is 21.9 Å². The van der Waals surface area contributed by atoms with Crippen molar-refractivity contribution in [3.05, 3.63) is 65.7 Å². The summed E-state index contributed by atoms with van der Waals surface area (Å²) < 4.78 is 11.0. The van der Waals surface area contributed by atoms with Gasteiger partial charge in [-0.2, -0.15) is 4.98 Å². The van der Waals surface area contributed by atoms with Gasteiger partial charge in [-0.1, -0.05) is 66.2 Å². The first-order chi connectivity index (χ1) is 15.1. The average molecular weight is 436 g/mol. The van der Waals surface area contributed by atoms with Gasteiger partial charge in [0, 0.05) is 12.0 Å². The second-order valence-electron chi connectivity index (χ2n) is 7.31. The number of nitrogens with one attached hydrogen (secondary N) is 1. The predicted octanol–water partition coefficient (Wildman–Crippen LogP) is 4.57. The van der Waals surface area contributed by atoms with Crippen molar-refractivity contribution in [1.29, 1.82) is 0 Å². The number of H-pyrrole nitrogens is 1. The molecule has 31 heavy (non-hydrogen) atoms. The van der Waals surface area contributed by atoms with Crippen LogP contribution < -0.4 is 4.74 Å². The topological polar surface area (TPSA) is 97.3 Å². The Morgan fingerprint density at radius 3 is 2.48 bits per heavy atom. The van der Waals surface area contributed by atoms with Crippen LogP contribution in [0.4, 0.5) is 0 Å². The van der Waals surface area contributed by atoms with Crippen LogP contribution >= 0.6 is 11.6 Å². The monoisotopic (exact) mass is 435 g/mol. The standard InChI is InChI=1S/C23H18ClN3O4/c24-17-11-18-21(27-23(25-18)31-16-10-19(22(28)29)30-12-16)26-20(17)15-8-6-14(7-9-15)13-4-2-1-3-5-13/h1-9,11,16,19H,10,12H2,(H,28,29)(H,25,26,27)/t16-,19-/m0/s1. The highest BCUT2D eigenvalue weighted by molar-refractivity contribution is 6.33. The Labute approximate surface area is 182 Å². The van der Waals surface area contributed by atoms with E-state index < -0.39 is 12.1 Å². The number of carboxylic acid groups (broad SMARTS) is 1. The van der Waals surface area contributed by atoms with Crippen molar-refractivity contribution in [2.75, 3.05) is 6.61 Å². The molecule has 8 heteroatoms. The number of aliphatic carboxylic acids is 1. The van der Waals surface area contributed by atoms with Crippen LogP contribution in [0, 0.1) is 0 Å². The summed E-state index contributed by atoms with van der Waals surface area (Å²) in [6, 6.07) is 20.2. The molecule has 0 aliphatic carbocycles. The maximum atomic E-state index is 11.0. The van der Waals surface area contributed by atoms with E-state index in [1.54, 1.807) is 6.07 Å². The normalized spacial score (nSPS) is 18.4. The third-order valence-electron chi connectivity index (χ3n) is 5.18. The molecule has 1 aliphatic rings. The van der Waals surface area contributed by atoms with Crippen LogP contribution in [0.2, 0.25) is 5.02 Å². The number of nitrogens with zero attached hydrogens (tertiary/aromatic N) is 2. The van der Waals surface area contributed by atoms with Gasteiger partial charge in [0.1, 0.15) is 6.10 Å². The van der Waals surface area contributed by atoms with E-state index in [1.165, 1.54) is 0 Å². The van der Waals surface area contributed by atoms with Crippen LogP contribution in [0.25, 0.3) is 33.5 Å². The Balaban J connectivity index is 1.39.